The van der Waals surface area contributed by atoms with Gasteiger partial charge in [-0.1, -0.05) is 12.1 Å². The molecule has 154 valence electrons. The summed E-state index contributed by atoms with van der Waals surface area (Å²) in [4.78, 5) is 34.8. The topological polar surface area (TPSA) is 99.3 Å². The van der Waals surface area contributed by atoms with Crippen molar-refractivity contribution in [2.75, 3.05) is 32.1 Å². The number of rotatable bonds is 6. The van der Waals surface area contributed by atoms with Crippen molar-refractivity contribution in [1.82, 2.24) is 25.9 Å². The Morgan fingerprint density at radius 1 is 1.14 bits per heavy atom. The molecule has 2 aromatic rings. The fraction of sp³-hybridized carbons (Fsp3) is 0.429. The molecule has 2 heterocycles. The van der Waals surface area contributed by atoms with Gasteiger partial charge in [0.25, 0.3) is 11.8 Å². The number of benzene rings is 1. The molecule has 0 aliphatic carbocycles. The highest BCUT2D eigenvalue weighted by Crippen LogP contribution is 2.24. The van der Waals surface area contributed by atoms with E-state index < -0.39 is 0 Å². The van der Waals surface area contributed by atoms with Gasteiger partial charge in [0.15, 0.2) is 0 Å². The maximum atomic E-state index is 12.0. The van der Waals surface area contributed by atoms with Crippen LogP contribution in [-0.4, -0.2) is 55.0 Å². The van der Waals surface area contributed by atoms with Crippen LogP contribution in [0.15, 0.2) is 24.3 Å². The summed E-state index contributed by atoms with van der Waals surface area (Å²) in [6.07, 6.45) is 0.979. The number of hydrogen-bond acceptors (Lipinski definition) is 6. The van der Waals surface area contributed by atoms with Crippen LogP contribution >= 0.6 is 0 Å². The fourth-order valence-electron chi connectivity index (χ4n) is 3.48. The Morgan fingerprint density at radius 3 is 2.62 bits per heavy atom. The van der Waals surface area contributed by atoms with Crippen LogP contribution in [0.1, 0.15) is 44.2 Å². The van der Waals surface area contributed by atoms with Gasteiger partial charge in [-0.05, 0) is 38.0 Å². The van der Waals surface area contributed by atoms with E-state index in [9.17, 15) is 9.59 Å². The van der Waals surface area contributed by atoms with Crippen molar-refractivity contribution in [1.29, 1.82) is 0 Å². The minimum absolute atomic E-state index is 0.0829. The predicted molar refractivity (Wildman–Crippen MR) is 112 cm³/mol. The second-order valence-electron chi connectivity index (χ2n) is 7.25. The first-order chi connectivity index (χ1) is 13.9. The van der Waals surface area contributed by atoms with Gasteiger partial charge in [-0.15, -0.1) is 0 Å². The number of aromatic nitrogens is 2. The predicted octanol–water partition coefficient (Wildman–Crippen LogP) is 1.18. The van der Waals surface area contributed by atoms with Gasteiger partial charge in [-0.2, -0.15) is 0 Å². The first-order valence-corrected chi connectivity index (χ1v) is 9.79. The molecule has 8 heteroatoms. The third kappa shape index (κ3) is 4.71. The van der Waals surface area contributed by atoms with E-state index in [1.165, 1.54) is 0 Å². The number of hydrogen-bond donors (Lipinski definition) is 3. The van der Waals surface area contributed by atoms with Crippen LogP contribution in [0.2, 0.25) is 0 Å². The maximum absolute atomic E-state index is 12.0. The molecular weight excluding hydrogens is 368 g/mol. The molecule has 3 rings (SSSR count). The molecule has 1 saturated heterocycles. The van der Waals surface area contributed by atoms with E-state index in [0.29, 0.717) is 18.2 Å². The summed E-state index contributed by atoms with van der Waals surface area (Å²) >= 11 is 0. The van der Waals surface area contributed by atoms with Crippen LogP contribution in [0.25, 0.3) is 0 Å². The summed E-state index contributed by atoms with van der Waals surface area (Å²) in [7, 11) is 3.21. The number of carbonyl (C=O) groups is 2. The van der Waals surface area contributed by atoms with Crippen LogP contribution < -0.4 is 20.9 Å². The van der Waals surface area contributed by atoms with Crippen LogP contribution in [0, 0.1) is 13.8 Å². The minimum atomic E-state index is -0.279. The zero-order chi connectivity index (χ0) is 21.0. The second-order valence-corrected chi connectivity index (χ2v) is 7.25. The summed E-state index contributed by atoms with van der Waals surface area (Å²) < 4.78 is 0. The molecular formula is C21H28N6O2. The monoisotopic (exact) mass is 396 g/mol. The molecule has 1 fully saturated rings. The molecule has 1 atom stereocenters. The molecule has 3 N–H and O–H groups in total. The van der Waals surface area contributed by atoms with Crippen molar-refractivity contribution in [3.05, 3.63) is 52.5 Å². The Labute approximate surface area is 171 Å². The molecule has 2 amide bonds. The summed E-state index contributed by atoms with van der Waals surface area (Å²) in [5, 5.41) is 8.80. The van der Waals surface area contributed by atoms with E-state index in [2.05, 4.69) is 30.8 Å². The van der Waals surface area contributed by atoms with E-state index in [0.717, 1.165) is 42.1 Å². The Hall–Kier alpha value is -3.00. The zero-order valence-electron chi connectivity index (χ0n) is 17.4. The smallest absolute Gasteiger partial charge is 0.288 e. The van der Waals surface area contributed by atoms with E-state index in [1.807, 2.05) is 38.1 Å². The molecule has 0 unspecified atom stereocenters. The van der Waals surface area contributed by atoms with E-state index in [-0.39, 0.29) is 17.6 Å². The number of aryl methyl sites for hydroxylation is 1. The molecule has 0 radical (unpaired) electrons. The number of nitrogens with zero attached hydrogens (tertiary/aromatic N) is 3. The first-order valence-electron chi connectivity index (χ1n) is 9.79. The van der Waals surface area contributed by atoms with Crippen LogP contribution in [0.4, 0.5) is 5.82 Å². The lowest BCUT2D eigenvalue weighted by atomic mass is 10.1. The van der Waals surface area contributed by atoms with Crippen LogP contribution in [0.3, 0.4) is 0 Å². The Balaban J connectivity index is 1.66. The van der Waals surface area contributed by atoms with Gasteiger partial charge in [-0.3, -0.25) is 9.59 Å². The fourth-order valence-corrected chi connectivity index (χ4v) is 3.48. The van der Waals surface area contributed by atoms with E-state index >= 15 is 0 Å². The summed E-state index contributed by atoms with van der Waals surface area (Å²) in [5.41, 5.74) is 3.54. The van der Waals surface area contributed by atoms with E-state index in [1.54, 1.807) is 14.1 Å². The third-order valence-corrected chi connectivity index (χ3v) is 5.29. The lowest BCUT2D eigenvalue weighted by Gasteiger charge is -2.21. The van der Waals surface area contributed by atoms with Gasteiger partial charge in [0, 0.05) is 56.6 Å². The van der Waals surface area contributed by atoms with Gasteiger partial charge in [-0.25, -0.2) is 9.97 Å². The van der Waals surface area contributed by atoms with Crippen molar-refractivity contribution in [2.24, 2.45) is 0 Å². The number of anilines is 1. The number of amides is 2. The summed E-state index contributed by atoms with van der Waals surface area (Å²) in [6, 6.07) is 7.93. The Morgan fingerprint density at radius 2 is 1.90 bits per heavy atom. The first kappa shape index (κ1) is 20.7. The van der Waals surface area contributed by atoms with Gasteiger partial charge in [0.1, 0.15) is 5.82 Å². The van der Waals surface area contributed by atoms with Gasteiger partial charge in [0.05, 0.1) is 0 Å². The lowest BCUT2D eigenvalue weighted by molar-refractivity contribution is 0.0948. The third-order valence-electron chi connectivity index (χ3n) is 5.29. The van der Waals surface area contributed by atoms with Crippen molar-refractivity contribution < 1.29 is 9.59 Å². The van der Waals surface area contributed by atoms with E-state index in [4.69, 9.17) is 0 Å². The molecule has 1 aliphatic rings. The molecule has 0 bridgehead atoms. The SMILES string of the molecule is CNC(=O)c1cccc(CN[C@@H]2CCN(c3nc(C(=O)NC)nc(C)c3C)C2)c1. The van der Waals surface area contributed by atoms with Crippen molar-refractivity contribution in [3.8, 4) is 0 Å². The Kier molecular flexibility index (Phi) is 6.43. The molecule has 1 aliphatic heterocycles. The maximum Gasteiger partial charge on any atom is 0.288 e. The number of nitrogens with one attached hydrogen (secondary N) is 3. The standard InChI is InChI=1S/C21H28N6O2/c1-13-14(2)25-18(21(29)23-4)26-19(13)27-9-8-17(12-27)24-11-15-6-5-7-16(10-15)20(28)22-3/h5-7,10,17,24H,8-9,11-12H2,1-4H3,(H,22,28)(H,23,29)/t17-/m1/s1. The Bertz CT molecular complexity index is 914. The summed E-state index contributed by atoms with van der Waals surface area (Å²) in [6.45, 7) is 6.25. The van der Waals surface area contributed by atoms with Gasteiger partial charge < -0.3 is 20.9 Å². The normalized spacial score (nSPS) is 16.0. The molecule has 8 nitrogen and oxygen atoms in total. The highest BCUT2D eigenvalue weighted by molar-refractivity contribution is 5.94. The van der Waals surface area contributed by atoms with Crippen LogP contribution in [0.5, 0.6) is 0 Å². The zero-order valence-corrected chi connectivity index (χ0v) is 17.4. The minimum Gasteiger partial charge on any atom is -0.355 e. The van der Waals surface area contributed by atoms with Crippen molar-refractivity contribution in [3.63, 3.8) is 0 Å². The highest BCUT2D eigenvalue weighted by atomic mass is 16.2. The van der Waals surface area contributed by atoms with Crippen LogP contribution in [-0.2, 0) is 6.54 Å². The largest absolute Gasteiger partial charge is 0.355 e. The molecule has 1 aromatic heterocycles. The molecule has 29 heavy (non-hydrogen) atoms. The quantitative estimate of drug-likeness (QED) is 0.678. The molecule has 1 aromatic carbocycles. The van der Waals surface area contributed by atoms with Gasteiger partial charge >= 0.3 is 0 Å². The van der Waals surface area contributed by atoms with Gasteiger partial charge in [0.2, 0.25) is 5.82 Å². The summed E-state index contributed by atoms with van der Waals surface area (Å²) in [5.74, 6) is 0.662. The average Bonchev–Trinajstić information content (AvgIpc) is 3.21. The lowest BCUT2D eigenvalue weighted by Crippen LogP contribution is -2.33. The average molecular weight is 396 g/mol. The number of carbonyl (C=O) groups excluding carboxylic acids is 2. The highest BCUT2D eigenvalue weighted by Gasteiger charge is 2.26. The van der Waals surface area contributed by atoms with Crippen molar-refractivity contribution in [2.45, 2.75) is 32.9 Å². The molecule has 0 spiro atoms. The van der Waals surface area contributed by atoms with Crippen molar-refractivity contribution >= 4 is 17.6 Å². The second kappa shape index (κ2) is 9.00. The molecule has 0 saturated carbocycles.